The van der Waals surface area contributed by atoms with Gasteiger partial charge >= 0.3 is 5.56 Å². The van der Waals surface area contributed by atoms with Crippen LogP contribution in [0.25, 0.3) is 11.3 Å². The van der Waals surface area contributed by atoms with Crippen LogP contribution in [0.2, 0.25) is 0 Å². The third-order valence-corrected chi connectivity index (χ3v) is 5.62. The van der Waals surface area contributed by atoms with Gasteiger partial charge in [-0.3, -0.25) is 18.6 Å². The molecule has 164 valence electrons. The van der Waals surface area contributed by atoms with Crippen LogP contribution in [-0.2, 0) is 11.2 Å². The molecule has 1 N–H and O–H groups in total. The van der Waals surface area contributed by atoms with Gasteiger partial charge in [-0.2, -0.15) is 0 Å². The predicted octanol–water partition coefficient (Wildman–Crippen LogP) is 4.08. The minimum atomic E-state index is -0.220. The highest BCUT2D eigenvalue weighted by Crippen LogP contribution is 2.15. The first-order valence-electron chi connectivity index (χ1n) is 10.7. The summed E-state index contributed by atoms with van der Waals surface area (Å²) < 4.78 is 3.29. The summed E-state index contributed by atoms with van der Waals surface area (Å²) in [5, 5.41) is 11.3. The largest absolute Gasteiger partial charge is 0.326 e. The van der Waals surface area contributed by atoms with Crippen LogP contribution in [0.1, 0.15) is 40.9 Å². The first-order valence-corrected chi connectivity index (χ1v) is 10.7. The lowest BCUT2D eigenvalue weighted by molar-refractivity contribution is -0.116. The number of carbonyl (C=O) groups excluding carboxylic acids is 1. The molecule has 1 amide bonds. The van der Waals surface area contributed by atoms with Crippen molar-refractivity contribution >= 4 is 17.2 Å². The van der Waals surface area contributed by atoms with Gasteiger partial charge in [0.15, 0.2) is 0 Å². The molecule has 0 atom stereocenters. The number of carbonyl (C=O) groups is 1. The van der Waals surface area contributed by atoms with Gasteiger partial charge in [0.2, 0.25) is 11.6 Å². The van der Waals surface area contributed by atoms with Crippen LogP contribution in [0, 0.1) is 27.7 Å². The maximum atomic E-state index is 13.0. The summed E-state index contributed by atoms with van der Waals surface area (Å²) in [5.41, 5.74) is 6.19. The molecule has 0 fully saturated rings. The van der Waals surface area contributed by atoms with Crippen LogP contribution >= 0.6 is 0 Å². The monoisotopic (exact) mass is 429 g/mol. The fraction of sp³-hybridized carbons (Fsp3) is 0.280. The van der Waals surface area contributed by atoms with E-state index in [1.807, 2.05) is 58.0 Å². The van der Waals surface area contributed by atoms with E-state index < -0.39 is 0 Å². The molecule has 7 nitrogen and oxygen atoms in total. The molecule has 0 spiro atoms. The number of nitrogens with zero attached hydrogens (tertiary/aromatic N) is 4. The average Bonchev–Trinajstić information content (AvgIpc) is 3.14. The topological polar surface area (TPSA) is 81.3 Å². The summed E-state index contributed by atoms with van der Waals surface area (Å²) in [6.45, 7) is 8.08. The van der Waals surface area contributed by atoms with Gasteiger partial charge in [-0.05, 0) is 80.6 Å². The molecule has 0 unspecified atom stereocenters. The van der Waals surface area contributed by atoms with Crippen molar-refractivity contribution < 1.29 is 4.79 Å². The van der Waals surface area contributed by atoms with E-state index in [2.05, 4.69) is 21.6 Å². The van der Waals surface area contributed by atoms with Gasteiger partial charge in [0.05, 0.1) is 0 Å². The Balaban J connectivity index is 1.45. The number of nitrogens with one attached hydrogen (secondary N) is 1. The third kappa shape index (κ3) is 4.46. The fourth-order valence-electron chi connectivity index (χ4n) is 3.86. The second-order valence-electron chi connectivity index (χ2n) is 8.33. The van der Waals surface area contributed by atoms with Gasteiger partial charge in [0.25, 0.3) is 0 Å². The van der Waals surface area contributed by atoms with E-state index in [0.29, 0.717) is 25.1 Å². The number of aromatic nitrogens is 4. The van der Waals surface area contributed by atoms with E-state index >= 15 is 0 Å². The van der Waals surface area contributed by atoms with Crippen molar-refractivity contribution in [2.24, 2.45) is 0 Å². The number of fused-ring (bicyclic) bond motifs is 1. The molecular weight excluding hydrogens is 402 g/mol. The zero-order valence-electron chi connectivity index (χ0n) is 18.8. The summed E-state index contributed by atoms with van der Waals surface area (Å²) in [7, 11) is 0. The summed E-state index contributed by atoms with van der Waals surface area (Å²) in [5.74, 6) is 0.629. The quantitative estimate of drug-likeness (QED) is 0.501. The second kappa shape index (κ2) is 8.78. The van der Waals surface area contributed by atoms with Crippen molar-refractivity contribution in [1.29, 1.82) is 0 Å². The van der Waals surface area contributed by atoms with Gasteiger partial charge < -0.3 is 5.32 Å². The number of anilines is 1. The molecule has 32 heavy (non-hydrogen) atoms. The Hall–Kier alpha value is -3.74. The zero-order valence-corrected chi connectivity index (χ0v) is 18.8. The number of rotatable bonds is 6. The number of benzene rings is 2. The van der Waals surface area contributed by atoms with Crippen LogP contribution in [-0.4, -0.2) is 25.1 Å². The maximum Gasteiger partial charge on any atom is 0.300 e. The highest BCUT2D eigenvalue weighted by Gasteiger charge is 2.13. The van der Waals surface area contributed by atoms with Crippen LogP contribution < -0.4 is 10.9 Å². The molecule has 0 aliphatic heterocycles. The Bertz CT molecular complexity index is 1350. The second-order valence-corrected chi connectivity index (χ2v) is 8.33. The van der Waals surface area contributed by atoms with Gasteiger partial charge in [-0.15, -0.1) is 10.2 Å². The molecule has 0 aliphatic carbocycles. The van der Waals surface area contributed by atoms with Gasteiger partial charge in [-0.1, -0.05) is 12.1 Å². The first-order chi connectivity index (χ1) is 15.3. The molecule has 2 aromatic heterocycles. The maximum absolute atomic E-state index is 13.0. The van der Waals surface area contributed by atoms with E-state index in [4.69, 9.17) is 0 Å². The normalized spacial score (nSPS) is 11.1. The Morgan fingerprint density at radius 3 is 2.41 bits per heavy atom. The van der Waals surface area contributed by atoms with Gasteiger partial charge in [0.1, 0.15) is 5.82 Å². The molecule has 2 heterocycles. The van der Waals surface area contributed by atoms with E-state index in [1.54, 1.807) is 21.4 Å². The highest BCUT2D eigenvalue weighted by molar-refractivity contribution is 5.90. The highest BCUT2D eigenvalue weighted by atomic mass is 16.1. The van der Waals surface area contributed by atoms with E-state index in [9.17, 15) is 9.59 Å². The smallest absolute Gasteiger partial charge is 0.300 e. The lowest BCUT2D eigenvalue weighted by atomic mass is 10.1. The fourth-order valence-corrected chi connectivity index (χ4v) is 3.86. The van der Waals surface area contributed by atoms with Crippen LogP contribution in [0.5, 0.6) is 0 Å². The SMILES string of the molecule is Cc1cc(C)cc(NC(=O)CCCc2nnc3c(=O)n(-c4ccc(C)c(C)c4)ccn23)c1. The number of hydrogen-bond acceptors (Lipinski definition) is 4. The Kier molecular flexibility index (Phi) is 5.90. The number of aryl methyl sites for hydroxylation is 5. The summed E-state index contributed by atoms with van der Waals surface area (Å²) in [6, 6.07) is 11.9. The third-order valence-electron chi connectivity index (χ3n) is 5.62. The minimum Gasteiger partial charge on any atom is -0.326 e. The molecule has 0 aliphatic rings. The Morgan fingerprint density at radius 1 is 0.938 bits per heavy atom. The van der Waals surface area contributed by atoms with Crippen molar-refractivity contribution in [3.63, 3.8) is 0 Å². The van der Waals surface area contributed by atoms with E-state index in [0.717, 1.165) is 28.1 Å². The van der Waals surface area contributed by atoms with Crippen molar-refractivity contribution in [2.45, 2.75) is 47.0 Å². The van der Waals surface area contributed by atoms with Gasteiger partial charge in [0, 0.05) is 36.6 Å². The lowest BCUT2D eigenvalue weighted by Crippen LogP contribution is -2.20. The standard InChI is InChI=1S/C25H27N5O2/c1-16-12-17(2)14-20(13-16)26-23(31)7-5-6-22-27-28-24-25(32)29(10-11-30(22)24)21-9-8-18(3)19(4)15-21/h8-15H,5-7H2,1-4H3,(H,26,31). The first kappa shape index (κ1) is 21.5. The molecule has 4 aromatic rings. The molecule has 0 saturated heterocycles. The molecule has 0 saturated carbocycles. The Labute approximate surface area is 186 Å². The predicted molar refractivity (Wildman–Crippen MR) is 126 cm³/mol. The molecular formula is C25H27N5O2. The molecule has 4 rings (SSSR count). The zero-order chi connectivity index (χ0) is 22.8. The Morgan fingerprint density at radius 2 is 1.69 bits per heavy atom. The average molecular weight is 430 g/mol. The van der Waals surface area contributed by atoms with Crippen LogP contribution in [0.4, 0.5) is 5.69 Å². The van der Waals surface area contributed by atoms with Crippen molar-refractivity contribution in [1.82, 2.24) is 19.2 Å². The minimum absolute atomic E-state index is 0.0408. The lowest BCUT2D eigenvalue weighted by Gasteiger charge is -2.09. The van der Waals surface area contributed by atoms with Crippen LogP contribution in [0.3, 0.4) is 0 Å². The van der Waals surface area contributed by atoms with Crippen molar-refractivity contribution in [3.05, 3.63) is 87.2 Å². The number of amides is 1. The summed E-state index contributed by atoms with van der Waals surface area (Å²) >= 11 is 0. The van der Waals surface area contributed by atoms with E-state index in [-0.39, 0.29) is 17.1 Å². The van der Waals surface area contributed by atoms with Crippen LogP contribution in [0.15, 0.2) is 53.6 Å². The summed E-state index contributed by atoms with van der Waals surface area (Å²) in [4.78, 5) is 25.3. The van der Waals surface area contributed by atoms with E-state index in [1.165, 1.54) is 5.56 Å². The molecule has 0 bridgehead atoms. The molecule has 7 heteroatoms. The number of hydrogen-bond donors (Lipinski definition) is 1. The molecule has 0 radical (unpaired) electrons. The van der Waals surface area contributed by atoms with Crippen molar-refractivity contribution in [3.8, 4) is 5.69 Å². The van der Waals surface area contributed by atoms with Crippen molar-refractivity contribution in [2.75, 3.05) is 5.32 Å². The summed E-state index contributed by atoms with van der Waals surface area (Å²) in [6.07, 6.45) is 5.06. The molecule has 2 aromatic carbocycles. The van der Waals surface area contributed by atoms with Gasteiger partial charge in [-0.25, -0.2) is 0 Å².